The average molecular weight is 277 g/mol. The lowest BCUT2D eigenvalue weighted by Gasteiger charge is -2.12. The van der Waals surface area contributed by atoms with Gasteiger partial charge in [-0.3, -0.25) is 4.79 Å². The van der Waals surface area contributed by atoms with Crippen molar-refractivity contribution in [3.63, 3.8) is 0 Å². The van der Waals surface area contributed by atoms with E-state index in [4.69, 9.17) is 9.84 Å². The van der Waals surface area contributed by atoms with E-state index in [0.29, 0.717) is 5.75 Å². The summed E-state index contributed by atoms with van der Waals surface area (Å²) in [5.74, 6) is -0.635. The number of nitrogens with one attached hydrogen (secondary N) is 1. The molecule has 0 radical (unpaired) electrons. The molecule has 2 N–H and O–H groups in total. The van der Waals surface area contributed by atoms with Gasteiger partial charge in [0.1, 0.15) is 11.8 Å². The molecule has 0 aliphatic heterocycles. The third kappa shape index (κ3) is 5.14. The smallest absolute Gasteiger partial charge is 0.326 e. The number of hydrogen-bond donors (Lipinski definition) is 2. The van der Waals surface area contributed by atoms with E-state index < -0.39 is 12.0 Å². The lowest BCUT2D eigenvalue weighted by Crippen LogP contribution is -2.41. The van der Waals surface area contributed by atoms with Gasteiger partial charge in [0.15, 0.2) is 0 Å². The van der Waals surface area contributed by atoms with Crippen molar-refractivity contribution in [2.45, 2.75) is 25.8 Å². The standard InChI is InChI=1S/C15H19NO4/c1-3-4-5-13(15(18)19)16-14(17)10-11-6-8-12(20-2)9-7-11/h3-4,6-9,13H,5,10H2,1-2H3,(H,16,17)(H,18,19)/b4-3+. The topological polar surface area (TPSA) is 75.6 Å². The Bertz CT molecular complexity index is 479. The summed E-state index contributed by atoms with van der Waals surface area (Å²) in [7, 11) is 1.57. The van der Waals surface area contributed by atoms with Crippen LogP contribution in [0.2, 0.25) is 0 Å². The Kier molecular flexibility index (Phi) is 6.29. The molecular weight excluding hydrogens is 258 g/mol. The summed E-state index contributed by atoms with van der Waals surface area (Å²) in [6.07, 6.45) is 3.89. The van der Waals surface area contributed by atoms with Gasteiger partial charge in [0.25, 0.3) is 0 Å². The van der Waals surface area contributed by atoms with E-state index in [1.807, 2.05) is 0 Å². The second-order valence-electron chi connectivity index (χ2n) is 4.29. The number of benzene rings is 1. The van der Waals surface area contributed by atoms with E-state index in [0.717, 1.165) is 5.56 Å². The van der Waals surface area contributed by atoms with Gasteiger partial charge in [-0.1, -0.05) is 24.3 Å². The monoisotopic (exact) mass is 277 g/mol. The van der Waals surface area contributed by atoms with Gasteiger partial charge >= 0.3 is 5.97 Å². The maximum Gasteiger partial charge on any atom is 0.326 e. The van der Waals surface area contributed by atoms with Gasteiger partial charge in [0.2, 0.25) is 5.91 Å². The molecule has 0 aromatic heterocycles. The highest BCUT2D eigenvalue weighted by Crippen LogP contribution is 2.11. The molecule has 0 fully saturated rings. The van der Waals surface area contributed by atoms with Crippen LogP contribution in [-0.2, 0) is 16.0 Å². The maximum absolute atomic E-state index is 11.8. The lowest BCUT2D eigenvalue weighted by molar-refractivity contribution is -0.141. The van der Waals surface area contributed by atoms with Gasteiger partial charge in [-0.2, -0.15) is 0 Å². The van der Waals surface area contributed by atoms with E-state index in [-0.39, 0.29) is 18.7 Å². The quantitative estimate of drug-likeness (QED) is 0.745. The summed E-state index contributed by atoms with van der Waals surface area (Å²) < 4.78 is 5.03. The molecule has 1 aromatic rings. The molecule has 20 heavy (non-hydrogen) atoms. The highest BCUT2D eigenvalue weighted by Gasteiger charge is 2.18. The summed E-state index contributed by atoms with van der Waals surface area (Å²) in [4.78, 5) is 22.8. The Morgan fingerprint density at radius 2 is 2.00 bits per heavy atom. The number of aliphatic carboxylic acids is 1. The fourth-order valence-corrected chi connectivity index (χ4v) is 1.67. The molecule has 0 aliphatic rings. The van der Waals surface area contributed by atoms with E-state index in [1.54, 1.807) is 50.5 Å². The van der Waals surface area contributed by atoms with Gasteiger partial charge in [0, 0.05) is 0 Å². The first-order valence-electron chi connectivity index (χ1n) is 6.33. The number of methoxy groups -OCH3 is 1. The summed E-state index contributed by atoms with van der Waals surface area (Å²) in [6.45, 7) is 1.80. The largest absolute Gasteiger partial charge is 0.497 e. The second kappa shape index (κ2) is 7.99. The molecule has 0 saturated heterocycles. The third-order valence-corrected chi connectivity index (χ3v) is 2.76. The zero-order chi connectivity index (χ0) is 15.0. The van der Waals surface area contributed by atoms with Crippen molar-refractivity contribution in [2.75, 3.05) is 7.11 Å². The van der Waals surface area contributed by atoms with E-state index in [9.17, 15) is 9.59 Å². The van der Waals surface area contributed by atoms with E-state index >= 15 is 0 Å². The average Bonchev–Trinajstić information content (AvgIpc) is 2.44. The Balaban J connectivity index is 2.58. The van der Waals surface area contributed by atoms with Crippen LogP contribution in [0.3, 0.4) is 0 Å². The highest BCUT2D eigenvalue weighted by molar-refractivity contribution is 5.84. The first-order chi connectivity index (χ1) is 9.56. The molecule has 5 nitrogen and oxygen atoms in total. The normalized spacial score (nSPS) is 12.1. The maximum atomic E-state index is 11.8. The number of amides is 1. The number of hydrogen-bond acceptors (Lipinski definition) is 3. The fourth-order valence-electron chi connectivity index (χ4n) is 1.67. The molecule has 108 valence electrons. The van der Waals surface area contributed by atoms with Crippen LogP contribution in [0, 0.1) is 0 Å². The first-order valence-corrected chi connectivity index (χ1v) is 6.33. The molecule has 1 rings (SSSR count). The lowest BCUT2D eigenvalue weighted by atomic mass is 10.1. The number of rotatable bonds is 7. The van der Waals surface area contributed by atoms with Crippen LogP contribution in [0.1, 0.15) is 18.9 Å². The van der Waals surface area contributed by atoms with Crippen LogP contribution >= 0.6 is 0 Å². The molecule has 1 atom stereocenters. The number of carboxylic acid groups (broad SMARTS) is 1. The molecule has 1 amide bonds. The van der Waals surface area contributed by atoms with Gasteiger partial charge in [-0.25, -0.2) is 4.79 Å². The molecule has 1 unspecified atom stereocenters. The summed E-state index contributed by atoms with van der Waals surface area (Å²) in [5.41, 5.74) is 0.804. The minimum atomic E-state index is -1.04. The molecule has 0 heterocycles. The molecule has 0 aliphatic carbocycles. The van der Waals surface area contributed by atoms with Crippen molar-refractivity contribution in [2.24, 2.45) is 0 Å². The Morgan fingerprint density at radius 1 is 1.35 bits per heavy atom. The van der Waals surface area contributed by atoms with Crippen molar-refractivity contribution in [3.8, 4) is 5.75 Å². The number of allylic oxidation sites excluding steroid dienone is 1. The summed E-state index contributed by atoms with van der Waals surface area (Å²) >= 11 is 0. The number of carbonyl (C=O) groups is 2. The van der Waals surface area contributed by atoms with Gasteiger partial charge in [0.05, 0.1) is 13.5 Å². The van der Waals surface area contributed by atoms with Crippen LogP contribution in [0.25, 0.3) is 0 Å². The molecule has 5 heteroatoms. The second-order valence-corrected chi connectivity index (χ2v) is 4.29. The Morgan fingerprint density at radius 3 is 2.50 bits per heavy atom. The minimum Gasteiger partial charge on any atom is -0.497 e. The van der Waals surface area contributed by atoms with Crippen LogP contribution in [0.4, 0.5) is 0 Å². The van der Waals surface area contributed by atoms with Crippen LogP contribution < -0.4 is 10.1 Å². The van der Waals surface area contributed by atoms with Crippen LogP contribution in [0.15, 0.2) is 36.4 Å². The van der Waals surface area contributed by atoms with E-state index in [2.05, 4.69) is 5.32 Å². The van der Waals surface area contributed by atoms with Crippen LogP contribution in [-0.4, -0.2) is 30.1 Å². The van der Waals surface area contributed by atoms with Gasteiger partial charge < -0.3 is 15.2 Å². The van der Waals surface area contributed by atoms with Crippen molar-refractivity contribution in [1.29, 1.82) is 0 Å². The third-order valence-electron chi connectivity index (χ3n) is 2.76. The molecular formula is C15H19NO4. The molecule has 0 bridgehead atoms. The van der Waals surface area contributed by atoms with E-state index in [1.165, 1.54) is 0 Å². The zero-order valence-corrected chi connectivity index (χ0v) is 11.6. The first kappa shape index (κ1) is 15.8. The SMILES string of the molecule is C/C=C/CC(NC(=O)Cc1ccc(OC)cc1)C(=O)O. The number of carbonyl (C=O) groups excluding carboxylic acids is 1. The predicted octanol–water partition coefficient (Wildman–Crippen LogP) is 1.77. The van der Waals surface area contributed by atoms with Crippen molar-refractivity contribution in [1.82, 2.24) is 5.32 Å². The van der Waals surface area contributed by atoms with Crippen molar-refractivity contribution < 1.29 is 19.4 Å². The molecule has 0 spiro atoms. The Labute approximate surface area is 118 Å². The summed E-state index contributed by atoms with van der Waals surface area (Å²) in [5, 5.41) is 11.5. The fraction of sp³-hybridized carbons (Fsp3) is 0.333. The Hall–Kier alpha value is -2.30. The number of carboxylic acids is 1. The zero-order valence-electron chi connectivity index (χ0n) is 11.6. The molecule has 1 aromatic carbocycles. The number of ether oxygens (including phenoxy) is 1. The van der Waals surface area contributed by atoms with Crippen molar-refractivity contribution >= 4 is 11.9 Å². The van der Waals surface area contributed by atoms with Crippen molar-refractivity contribution in [3.05, 3.63) is 42.0 Å². The highest BCUT2D eigenvalue weighted by atomic mass is 16.5. The summed E-state index contributed by atoms with van der Waals surface area (Å²) in [6, 6.07) is 6.19. The predicted molar refractivity (Wildman–Crippen MR) is 75.7 cm³/mol. The van der Waals surface area contributed by atoms with Gasteiger partial charge in [-0.05, 0) is 31.0 Å². The van der Waals surface area contributed by atoms with Gasteiger partial charge in [-0.15, -0.1) is 0 Å². The van der Waals surface area contributed by atoms with Crippen LogP contribution in [0.5, 0.6) is 5.75 Å². The minimum absolute atomic E-state index is 0.142. The molecule has 0 saturated carbocycles.